The molecule has 0 atom stereocenters. The molecule has 0 spiro atoms. The lowest BCUT2D eigenvalue weighted by molar-refractivity contribution is -0.126. The first kappa shape index (κ1) is 24.5. The maximum Gasteiger partial charge on any atom is 0.223 e. The van der Waals surface area contributed by atoms with Crippen molar-refractivity contribution < 1.29 is 9.59 Å². The van der Waals surface area contributed by atoms with Crippen LogP contribution in [0.2, 0.25) is 0 Å². The van der Waals surface area contributed by atoms with Gasteiger partial charge in [0.1, 0.15) is 0 Å². The van der Waals surface area contributed by atoms with E-state index in [0.29, 0.717) is 18.4 Å². The van der Waals surface area contributed by atoms with Crippen LogP contribution >= 0.6 is 12.4 Å². The van der Waals surface area contributed by atoms with Crippen LogP contribution in [-0.2, 0) is 9.59 Å². The fourth-order valence-electron chi connectivity index (χ4n) is 5.35. The van der Waals surface area contributed by atoms with Crippen LogP contribution in [0.25, 0.3) is 0 Å². The topological polar surface area (TPSA) is 70.2 Å². The Morgan fingerprint density at radius 2 is 1.31 bits per heavy atom. The highest BCUT2D eigenvalue weighted by molar-refractivity contribution is 5.85. The summed E-state index contributed by atoms with van der Waals surface area (Å²) in [6, 6.07) is 0.914. The molecular formula is C23H42ClN3O2. The molecule has 3 saturated carbocycles. The predicted molar refractivity (Wildman–Crippen MR) is 120 cm³/mol. The van der Waals surface area contributed by atoms with E-state index in [1.54, 1.807) is 0 Å². The van der Waals surface area contributed by atoms with E-state index in [4.69, 9.17) is 0 Å². The molecule has 0 aliphatic heterocycles. The standard InChI is InChI=1S/C23H41N3O2.ClH/c27-22(17-18-7-5-6-8-18)26-21-13-11-19(12-14-21)23(28)25-16-15-24-20-9-3-1-2-4-10-20;/h18-21,24H,1-17H2,(H,25,28)(H,26,27);1H. The van der Waals surface area contributed by atoms with Crippen molar-refractivity contribution in [3.8, 4) is 0 Å². The van der Waals surface area contributed by atoms with Crippen LogP contribution in [-0.4, -0.2) is 37.0 Å². The van der Waals surface area contributed by atoms with Crippen molar-refractivity contribution >= 4 is 24.2 Å². The summed E-state index contributed by atoms with van der Waals surface area (Å²) in [5, 5.41) is 9.96. The van der Waals surface area contributed by atoms with Crippen LogP contribution in [0.1, 0.15) is 96.3 Å². The maximum atomic E-state index is 12.4. The maximum absolute atomic E-state index is 12.4. The van der Waals surface area contributed by atoms with Crippen molar-refractivity contribution in [3.63, 3.8) is 0 Å². The minimum absolute atomic E-state index is 0. The average molecular weight is 428 g/mol. The van der Waals surface area contributed by atoms with Crippen LogP contribution in [0.15, 0.2) is 0 Å². The lowest BCUT2D eigenvalue weighted by Crippen LogP contribution is -2.43. The summed E-state index contributed by atoms with van der Waals surface area (Å²) in [5.41, 5.74) is 0. The third-order valence-electron chi connectivity index (χ3n) is 7.12. The smallest absolute Gasteiger partial charge is 0.223 e. The molecule has 29 heavy (non-hydrogen) atoms. The fourth-order valence-corrected chi connectivity index (χ4v) is 5.35. The van der Waals surface area contributed by atoms with Crippen LogP contribution in [0.5, 0.6) is 0 Å². The zero-order chi connectivity index (χ0) is 19.6. The van der Waals surface area contributed by atoms with E-state index in [0.717, 1.165) is 38.8 Å². The number of rotatable bonds is 8. The molecule has 3 aliphatic carbocycles. The number of amides is 2. The normalized spacial score (nSPS) is 26.3. The molecule has 3 rings (SSSR count). The molecule has 0 aromatic rings. The van der Waals surface area contributed by atoms with Gasteiger partial charge in [0.05, 0.1) is 0 Å². The van der Waals surface area contributed by atoms with Gasteiger partial charge in [-0.25, -0.2) is 0 Å². The number of hydrogen-bond acceptors (Lipinski definition) is 3. The highest BCUT2D eigenvalue weighted by Crippen LogP contribution is 2.28. The molecule has 0 saturated heterocycles. The van der Waals surface area contributed by atoms with Crippen molar-refractivity contribution in [2.45, 2.75) is 108 Å². The predicted octanol–water partition coefficient (Wildman–Crippen LogP) is 4.09. The van der Waals surface area contributed by atoms with E-state index in [1.165, 1.54) is 64.2 Å². The van der Waals surface area contributed by atoms with E-state index >= 15 is 0 Å². The van der Waals surface area contributed by atoms with Gasteiger partial charge in [0.15, 0.2) is 0 Å². The zero-order valence-electron chi connectivity index (χ0n) is 18.1. The molecule has 0 aromatic heterocycles. The second-order valence-electron chi connectivity index (χ2n) is 9.40. The summed E-state index contributed by atoms with van der Waals surface area (Å²) in [4.78, 5) is 24.6. The average Bonchev–Trinajstić information content (AvgIpc) is 3.06. The number of carbonyl (C=O) groups is 2. The number of hydrogen-bond donors (Lipinski definition) is 3. The minimum Gasteiger partial charge on any atom is -0.355 e. The Hall–Kier alpha value is -0.810. The van der Waals surface area contributed by atoms with Gasteiger partial charge in [-0.2, -0.15) is 0 Å². The Balaban J connectivity index is 0.00000300. The SMILES string of the molecule is Cl.O=C(CC1CCCC1)NC1CCC(C(=O)NCCNC2CCCCCC2)CC1. The fraction of sp³-hybridized carbons (Fsp3) is 0.913. The summed E-state index contributed by atoms with van der Waals surface area (Å²) in [6.45, 7) is 1.61. The lowest BCUT2D eigenvalue weighted by Gasteiger charge is -2.29. The molecule has 3 N–H and O–H groups in total. The molecular weight excluding hydrogens is 386 g/mol. The molecule has 2 amide bonds. The second kappa shape index (κ2) is 13.5. The molecule has 0 radical (unpaired) electrons. The van der Waals surface area contributed by atoms with Crippen molar-refractivity contribution in [2.75, 3.05) is 13.1 Å². The highest BCUT2D eigenvalue weighted by Gasteiger charge is 2.27. The van der Waals surface area contributed by atoms with Gasteiger partial charge in [-0.1, -0.05) is 38.5 Å². The van der Waals surface area contributed by atoms with Gasteiger partial charge < -0.3 is 16.0 Å². The van der Waals surface area contributed by atoms with Gasteiger partial charge in [-0.3, -0.25) is 9.59 Å². The van der Waals surface area contributed by atoms with Crippen molar-refractivity contribution in [1.82, 2.24) is 16.0 Å². The van der Waals surface area contributed by atoms with Gasteiger partial charge in [0.25, 0.3) is 0 Å². The summed E-state index contributed by atoms with van der Waals surface area (Å²) >= 11 is 0. The molecule has 0 aromatic carbocycles. The van der Waals surface area contributed by atoms with Gasteiger partial charge in [0.2, 0.25) is 11.8 Å². The molecule has 5 nitrogen and oxygen atoms in total. The third-order valence-corrected chi connectivity index (χ3v) is 7.12. The van der Waals surface area contributed by atoms with Crippen molar-refractivity contribution in [2.24, 2.45) is 11.8 Å². The molecule has 168 valence electrons. The Morgan fingerprint density at radius 3 is 1.97 bits per heavy atom. The van der Waals surface area contributed by atoms with Crippen molar-refractivity contribution in [3.05, 3.63) is 0 Å². The van der Waals surface area contributed by atoms with E-state index in [9.17, 15) is 9.59 Å². The van der Waals surface area contributed by atoms with Gasteiger partial charge >= 0.3 is 0 Å². The number of nitrogens with one attached hydrogen (secondary N) is 3. The van der Waals surface area contributed by atoms with Gasteiger partial charge in [0, 0.05) is 37.5 Å². The van der Waals surface area contributed by atoms with E-state index in [1.807, 2.05) is 0 Å². The number of halogens is 1. The molecule has 3 fully saturated rings. The third kappa shape index (κ3) is 8.84. The van der Waals surface area contributed by atoms with Crippen molar-refractivity contribution in [1.29, 1.82) is 0 Å². The summed E-state index contributed by atoms with van der Waals surface area (Å²) in [6.07, 6.45) is 17.4. The highest BCUT2D eigenvalue weighted by atomic mass is 35.5. The van der Waals surface area contributed by atoms with Gasteiger partial charge in [-0.05, 0) is 57.3 Å². The Labute approximate surface area is 183 Å². The molecule has 6 heteroatoms. The zero-order valence-corrected chi connectivity index (χ0v) is 18.9. The quantitative estimate of drug-likeness (QED) is 0.403. The van der Waals surface area contributed by atoms with E-state index in [2.05, 4.69) is 16.0 Å². The Kier molecular flexibility index (Phi) is 11.4. The van der Waals surface area contributed by atoms with Crippen LogP contribution in [0.3, 0.4) is 0 Å². The van der Waals surface area contributed by atoms with Gasteiger partial charge in [-0.15, -0.1) is 12.4 Å². The molecule has 0 unspecified atom stereocenters. The van der Waals surface area contributed by atoms with E-state index in [-0.39, 0.29) is 36.2 Å². The van der Waals surface area contributed by atoms with Crippen LogP contribution in [0.4, 0.5) is 0 Å². The van der Waals surface area contributed by atoms with E-state index < -0.39 is 0 Å². The Morgan fingerprint density at radius 1 is 0.690 bits per heavy atom. The molecule has 3 aliphatic rings. The first-order valence-corrected chi connectivity index (χ1v) is 12.0. The largest absolute Gasteiger partial charge is 0.355 e. The first-order valence-electron chi connectivity index (χ1n) is 12.0. The monoisotopic (exact) mass is 427 g/mol. The summed E-state index contributed by atoms with van der Waals surface area (Å²) in [5.74, 6) is 1.16. The molecule has 0 heterocycles. The van der Waals surface area contributed by atoms with Crippen LogP contribution in [0, 0.1) is 11.8 Å². The van der Waals surface area contributed by atoms with Crippen LogP contribution < -0.4 is 16.0 Å². The Bertz CT molecular complexity index is 481. The summed E-state index contributed by atoms with van der Waals surface area (Å²) < 4.78 is 0. The number of carbonyl (C=O) groups excluding carboxylic acids is 2. The second-order valence-corrected chi connectivity index (χ2v) is 9.40. The minimum atomic E-state index is 0. The lowest BCUT2D eigenvalue weighted by atomic mass is 9.85. The first-order chi connectivity index (χ1) is 13.7. The molecule has 0 bridgehead atoms. The summed E-state index contributed by atoms with van der Waals surface area (Å²) in [7, 11) is 0.